The average molecular weight is 416 g/mol. The minimum atomic E-state index is 0.191. The SMILES string of the molecule is CN=C(NCc1sc(-c2ccccc2)nc1C)NCC1CN(CC(C)C)CCO1. The Balaban J connectivity index is 1.49. The molecule has 0 aliphatic carbocycles. The lowest BCUT2D eigenvalue weighted by atomic mass is 10.2. The van der Waals surface area contributed by atoms with Gasteiger partial charge >= 0.3 is 0 Å². The molecule has 1 unspecified atom stereocenters. The van der Waals surface area contributed by atoms with Gasteiger partial charge in [0.25, 0.3) is 0 Å². The summed E-state index contributed by atoms with van der Waals surface area (Å²) in [7, 11) is 1.80. The molecule has 0 bridgehead atoms. The number of ether oxygens (including phenoxy) is 1. The Morgan fingerprint density at radius 1 is 1.31 bits per heavy atom. The lowest BCUT2D eigenvalue weighted by Crippen LogP contribution is -2.50. The number of morpholine rings is 1. The van der Waals surface area contributed by atoms with Crippen LogP contribution in [0.3, 0.4) is 0 Å². The summed E-state index contributed by atoms with van der Waals surface area (Å²) in [5.74, 6) is 1.48. The first-order valence-electron chi connectivity index (χ1n) is 10.4. The normalized spacial score (nSPS) is 18.2. The number of aryl methyl sites for hydroxylation is 1. The Bertz CT molecular complexity index is 790. The fraction of sp³-hybridized carbons (Fsp3) is 0.545. The van der Waals surface area contributed by atoms with E-state index in [-0.39, 0.29) is 6.10 Å². The Labute approximate surface area is 178 Å². The summed E-state index contributed by atoms with van der Waals surface area (Å²) >= 11 is 1.73. The molecule has 2 N–H and O–H groups in total. The van der Waals surface area contributed by atoms with Gasteiger partial charge in [-0.2, -0.15) is 0 Å². The van der Waals surface area contributed by atoms with Crippen LogP contribution in [0.1, 0.15) is 24.4 Å². The van der Waals surface area contributed by atoms with Crippen LogP contribution in [0.5, 0.6) is 0 Å². The molecule has 1 aromatic carbocycles. The number of nitrogens with one attached hydrogen (secondary N) is 2. The second kappa shape index (κ2) is 10.7. The molecule has 7 heteroatoms. The van der Waals surface area contributed by atoms with Crippen molar-refractivity contribution in [1.82, 2.24) is 20.5 Å². The quantitative estimate of drug-likeness (QED) is 0.537. The second-order valence-corrected chi connectivity index (χ2v) is 8.93. The van der Waals surface area contributed by atoms with Crippen LogP contribution in [0.15, 0.2) is 35.3 Å². The molecule has 0 radical (unpaired) electrons. The molecule has 1 aromatic heterocycles. The smallest absolute Gasteiger partial charge is 0.191 e. The number of nitrogens with zero attached hydrogens (tertiary/aromatic N) is 3. The number of hydrogen-bond acceptors (Lipinski definition) is 5. The minimum absolute atomic E-state index is 0.191. The predicted molar refractivity (Wildman–Crippen MR) is 122 cm³/mol. The van der Waals surface area contributed by atoms with Crippen LogP contribution < -0.4 is 10.6 Å². The molecule has 0 amide bonds. The van der Waals surface area contributed by atoms with Gasteiger partial charge in [0.05, 0.1) is 24.9 Å². The maximum absolute atomic E-state index is 5.92. The Hall–Kier alpha value is -1.96. The van der Waals surface area contributed by atoms with Gasteiger partial charge in [0.1, 0.15) is 5.01 Å². The van der Waals surface area contributed by atoms with E-state index in [2.05, 4.69) is 53.4 Å². The highest BCUT2D eigenvalue weighted by Gasteiger charge is 2.21. The number of aromatic nitrogens is 1. The molecule has 1 aliphatic rings. The number of rotatable bonds is 7. The summed E-state index contributed by atoms with van der Waals surface area (Å²) < 4.78 is 5.92. The van der Waals surface area contributed by atoms with E-state index in [1.54, 1.807) is 18.4 Å². The van der Waals surface area contributed by atoms with Gasteiger partial charge < -0.3 is 15.4 Å². The maximum Gasteiger partial charge on any atom is 0.191 e. The summed E-state index contributed by atoms with van der Waals surface area (Å²) in [6, 6.07) is 10.3. The monoisotopic (exact) mass is 415 g/mol. The Kier molecular flexibility index (Phi) is 8.03. The molecule has 1 atom stereocenters. The summed E-state index contributed by atoms with van der Waals surface area (Å²) in [6.07, 6.45) is 0.191. The zero-order chi connectivity index (χ0) is 20.6. The molecule has 0 spiro atoms. The molecule has 1 saturated heterocycles. The number of hydrogen-bond donors (Lipinski definition) is 2. The van der Waals surface area contributed by atoms with Crippen molar-refractivity contribution >= 4 is 17.3 Å². The topological polar surface area (TPSA) is 61.8 Å². The van der Waals surface area contributed by atoms with Crippen molar-refractivity contribution in [2.75, 3.05) is 39.8 Å². The third-order valence-corrected chi connectivity index (χ3v) is 6.10. The van der Waals surface area contributed by atoms with Crippen molar-refractivity contribution in [3.8, 4) is 10.6 Å². The van der Waals surface area contributed by atoms with E-state index in [0.29, 0.717) is 12.5 Å². The number of thiazole rings is 1. The molecule has 6 nitrogen and oxygen atoms in total. The highest BCUT2D eigenvalue weighted by atomic mass is 32.1. The van der Waals surface area contributed by atoms with Gasteiger partial charge in [0.15, 0.2) is 5.96 Å². The maximum atomic E-state index is 5.92. The van der Waals surface area contributed by atoms with Crippen LogP contribution >= 0.6 is 11.3 Å². The van der Waals surface area contributed by atoms with Crippen LogP contribution in [0.4, 0.5) is 0 Å². The van der Waals surface area contributed by atoms with Crippen molar-refractivity contribution in [3.63, 3.8) is 0 Å². The van der Waals surface area contributed by atoms with E-state index in [9.17, 15) is 0 Å². The zero-order valence-corrected chi connectivity index (χ0v) is 18.8. The number of aliphatic imine (C=N–C) groups is 1. The first kappa shape index (κ1) is 21.7. The van der Waals surface area contributed by atoms with Crippen molar-refractivity contribution in [3.05, 3.63) is 40.9 Å². The number of guanidine groups is 1. The largest absolute Gasteiger partial charge is 0.374 e. The highest BCUT2D eigenvalue weighted by molar-refractivity contribution is 7.15. The summed E-state index contributed by atoms with van der Waals surface area (Å²) in [6.45, 7) is 12.0. The van der Waals surface area contributed by atoms with Gasteiger partial charge in [0.2, 0.25) is 0 Å². The fourth-order valence-corrected chi connectivity index (χ4v) is 4.49. The lowest BCUT2D eigenvalue weighted by Gasteiger charge is -2.34. The van der Waals surface area contributed by atoms with Gasteiger partial charge in [-0.25, -0.2) is 4.98 Å². The molecule has 1 aliphatic heterocycles. The summed E-state index contributed by atoms with van der Waals surface area (Å²) in [4.78, 5) is 12.8. The van der Waals surface area contributed by atoms with Crippen molar-refractivity contribution < 1.29 is 4.74 Å². The van der Waals surface area contributed by atoms with Crippen LogP contribution in [-0.4, -0.2) is 61.8 Å². The molecule has 1 fully saturated rings. The van der Waals surface area contributed by atoms with E-state index in [4.69, 9.17) is 9.72 Å². The van der Waals surface area contributed by atoms with Crippen LogP contribution in [0, 0.1) is 12.8 Å². The van der Waals surface area contributed by atoms with Crippen LogP contribution in [0.25, 0.3) is 10.6 Å². The molecular formula is C22H33N5OS. The standard InChI is InChI=1S/C22H33N5OS/c1-16(2)14-27-10-11-28-19(15-27)12-24-22(23-4)25-13-20-17(3)26-21(29-20)18-8-6-5-7-9-18/h5-9,16,19H,10-15H2,1-4H3,(H2,23,24,25). The number of benzene rings is 1. The molecule has 0 saturated carbocycles. The van der Waals surface area contributed by atoms with Gasteiger partial charge in [0, 0.05) is 43.7 Å². The van der Waals surface area contributed by atoms with Crippen molar-refractivity contribution in [2.45, 2.75) is 33.4 Å². The summed E-state index contributed by atoms with van der Waals surface area (Å²) in [5, 5.41) is 7.89. The van der Waals surface area contributed by atoms with E-state index >= 15 is 0 Å². The molecule has 2 aromatic rings. The van der Waals surface area contributed by atoms with Gasteiger partial charge in [-0.1, -0.05) is 44.2 Å². The third kappa shape index (κ3) is 6.52. The molecular weight excluding hydrogens is 382 g/mol. The van der Waals surface area contributed by atoms with E-state index in [1.165, 1.54) is 4.88 Å². The summed E-state index contributed by atoms with van der Waals surface area (Å²) in [5.41, 5.74) is 2.23. The van der Waals surface area contributed by atoms with E-state index < -0.39 is 0 Å². The van der Waals surface area contributed by atoms with Gasteiger partial charge in [-0.05, 0) is 12.8 Å². The van der Waals surface area contributed by atoms with Crippen LogP contribution in [0.2, 0.25) is 0 Å². The first-order chi connectivity index (χ1) is 14.0. The first-order valence-corrected chi connectivity index (χ1v) is 11.2. The fourth-order valence-electron chi connectivity index (χ4n) is 3.48. The van der Waals surface area contributed by atoms with Gasteiger partial charge in [-0.15, -0.1) is 11.3 Å². The second-order valence-electron chi connectivity index (χ2n) is 7.85. The minimum Gasteiger partial charge on any atom is -0.374 e. The van der Waals surface area contributed by atoms with Crippen LogP contribution in [-0.2, 0) is 11.3 Å². The molecule has 2 heterocycles. The van der Waals surface area contributed by atoms with Crippen molar-refractivity contribution in [1.29, 1.82) is 0 Å². The van der Waals surface area contributed by atoms with E-state index in [1.807, 2.05) is 18.2 Å². The molecule has 29 heavy (non-hydrogen) atoms. The Morgan fingerprint density at radius 3 is 2.83 bits per heavy atom. The zero-order valence-electron chi connectivity index (χ0n) is 17.9. The van der Waals surface area contributed by atoms with E-state index in [0.717, 1.165) is 55.0 Å². The predicted octanol–water partition coefficient (Wildman–Crippen LogP) is 3.14. The average Bonchev–Trinajstić information content (AvgIpc) is 3.09. The third-order valence-electron chi connectivity index (χ3n) is 4.90. The van der Waals surface area contributed by atoms with Gasteiger partial charge in [-0.3, -0.25) is 9.89 Å². The Morgan fingerprint density at radius 2 is 2.10 bits per heavy atom. The highest BCUT2D eigenvalue weighted by Crippen LogP contribution is 2.27. The van der Waals surface area contributed by atoms with Crippen molar-refractivity contribution in [2.24, 2.45) is 10.9 Å². The lowest BCUT2D eigenvalue weighted by molar-refractivity contribution is -0.0284. The molecule has 3 rings (SSSR count). The molecule has 158 valence electrons.